The van der Waals surface area contributed by atoms with Crippen molar-refractivity contribution >= 4 is 5.97 Å². The molecule has 1 rings (SSSR count). The first kappa shape index (κ1) is 12.3. The van der Waals surface area contributed by atoms with E-state index in [1.807, 2.05) is 20.8 Å². The largest absolute Gasteiger partial charge is 0.484 e. The Morgan fingerprint density at radius 1 is 1.50 bits per heavy atom. The summed E-state index contributed by atoms with van der Waals surface area (Å²) in [6.45, 7) is 9.29. The van der Waals surface area contributed by atoms with Crippen LogP contribution in [0.2, 0.25) is 0 Å². The minimum absolute atomic E-state index is 0.223. The summed E-state index contributed by atoms with van der Waals surface area (Å²) in [7, 11) is 0. The molecule has 0 atom stereocenters. The highest BCUT2D eigenvalue weighted by atomic mass is 16.5. The zero-order chi connectivity index (χ0) is 12.3. The molecule has 0 aromatic heterocycles. The quantitative estimate of drug-likeness (QED) is 0.793. The average Bonchev–Trinajstić information content (AvgIpc) is 2.21. The molecule has 0 amide bonds. The lowest BCUT2D eigenvalue weighted by Crippen LogP contribution is -2.25. The Balaban J connectivity index is 3.08. The Bertz CT molecular complexity index is 419. The van der Waals surface area contributed by atoms with Crippen molar-refractivity contribution in [2.75, 3.05) is 0 Å². The van der Waals surface area contributed by atoms with Gasteiger partial charge in [-0.2, -0.15) is 0 Å². The van der Waals surface area contributed by atoms with Crippen LogP contribution in [0.3, 0.4) is 0 Å². The third-order valence-corrected chi connectivity index (χ3v) is 2.30. The van der Waals surface area contributed by atoms with Crippen molar-refractivity contribution in [2.45, 2.75) is 26.4 Å². The van der Waals surface area contributed by atoms with Gasteiger partial charge in [0.25, 0.3) is 0 Å². The van der Waals surface area contributed by atoms with Crippen LogP contribution >= 0.6 is 0 Å². The third kappa shape index (κ3) is 2.86. The first-order chi connectivity index (χ1) is 7.35. The van der Waals surface area contributed by atoms with Gasteiger partial charge < -0.3 is 9.84 Å². The molecule has 0 fully saturated rings. The minimum Gasteiger partial charge on any atom is -0.484 e. The molecule has 0 aliphatic heterocycles. The van der Waals surface area contributed by atoms with E-state index in [-0.39, 0.29) is 5.56 Å². The van der Waals surface area contributed by atoms with Crippen molar-refractivity contribution in [2.24, 2.45) is 0 Å². The van der Waals surface area contributed by atoms with E-state index in [0.29, 0.717) is 5.75 Å². The summed E-state index contributed by atoms with van der Waals surface area (Å²) in [6.07, 6.45) is 1.68. The summed E-state index contributed by atoms with van der Waals surface area (Å²) in [5.41, 5.74) is 0.613. The monoisotopic (exact) mass is 220 g/mol. The van der Waals surface area contributed by atoms with E-state index in [4.69, 9.17) is 9.84 Å². The standard InChI is InChI=1S/C13H16O3/c1-5-13(3,4)16-11-8-10(12(14)15)7-6-9(11)2/h5-8H,1H2,2-4H3,(H,14,15). The maximum Gasteiger partial charge on any atom is 0.335 e. The van der Waals surface area contributed by atoms with Gasteiger partial charge in [-0.25, -0.2) is 4.79 Å². The lowest BCUT2D eigenvalue weighted by Gasteiger charge is -2.23. The lowest BCUT2D eigenvalue weighted by molar-refractivity contribution is 0.0695. The molecule has 0 unspecified atom stereocenters. The Morgan fingerprint density at radius 3 is 2.62 bits per heavy atom. The van der Waals surface area contributed by atoms with Crippen molar-refractivity contribution in [3.8, 4) is 5.75 Å². The summed E-state index contributed by atoms with van der Waals surface area (Å²) in [5.74, 6) is -0.383. The number of aryl methyl sites for hydroxylation is 1. The van der Waals surface area contributed by atoms with Gasteiger partial charge in [-0.15, -0.1) is 0 Å². The number of ether oxygens (including phenoxy) is 1. The Kier molecular flexibility index (Phi) is 3.38. The normalized spacial score (nSPS) is 10.9. The number of carboxylic acid groups (broad SMARTS) is 1. The molecule has 0 bridgehead atoms. The van der Waals surface area contributed by atoms with Crippen molar-refractivity contribution < 1.29 is 14.6 Å². The van der Waals surface area contributed by atoms with Crippen LogP contribution in [-0.2, 0) is 0 Å². The second kappa shape index (κ2) is 4.39. The Labute approximate surface area is 95.4 Å². The van der Waals surface area contributed by atoms with Gasteiger partial charge in [-0.3, -0.25) is 0 Å². The van der Waals surface area contributed by atoms with Crippen LogP contribution in [-0.4, -0.2) is 16.7 Å². The molecule has 0 spiro atoms. The van der Waals surface area contributed by atoms with Crippen LogP contribution in [0.4, 0.5) is 0 Å². The molecule has 0 radical (unpaired) electrons. The zero-order valence-electron chi connectivity index (χ0n) is 9.78. The van der Waals surface area contributed by atoms with E-state index in [9.17, 15) is 4.79 Å². The second-order valence-electron chi connectivity index (χ2n) is 4.20. The number of benzene rings is 1. The van der Waals surface area contributed by atoms with Gasteiger partial charge in [-0.1, -0.05) is 12.6 Å². The highest BCUT2D eigenvalue weighted by molar-refractivity contribution is 5.88. The predicted octanol–water partition coefficient (Wildman–Crippen LogP) is 3.04. The van der Waals surface area contributed by atoms with E-state index < -0.39 is 11.6 Å². The Morgan fingerprint density at radius 2 is 2.12 bits per heavy atom. The number of hydrogen-bond acceptors (Lipinski definition) is 2. The average molecular weight is 220 g/mol. The molecule has 0 heterocycles. The van der Waals surface area contributed by atoms with E-state index in [2.05, 4.69) is 6.58 Å². The first-order valence-electron chi connectivity index (χ1n) is 5.02. The van der Waals surface area contributed by atoms with Crippen molar-refractivity contribution in [1.82, 2.24) is 0 Å². The fourth-order valence-corrected chi connectivity index (χ4v) is 1.17. The van der Waals surface area contributed by atoms with Crippen molar-refractivity contribution in [3.63, 3.8) is 0 Å². The lowest BCUT2D eigenvalue weighted by atomic mass is 10.1. The molecule has 3 heteroatoms. The van der Waals surface area contributed by atoms with Crippen LogP contribution in [0.1, 0.15) is 29.8 Å². The van der Waals surface area contributed by atoms with E-state index >= 15 is 0 Å². The topological polar surface area (TPSA) is 46.5 Å². The maximum atomic E-state index is 10.8. The smallest absolute Gasteiger partial charge is 0.335 e. The van der Waals surface area contributed by atoms with Gasteiger partial charge >= 0.3 is 5.97 Å². The van der Waals surface area contributed by atoms with Crippen LogP contribution < -0.4 is 4.74 Å². The third-order valence-electron chi connectivity index (χ3n) is 2.30. The molecular formula is C13H16O3. The molecule has 0 saturated carbocycles. The summed E-state index contributed by atoms with van der Waals surface area (Å²) in [6, 6.07) is 4.83. The number of aromatic carboxylic acids is 1. The van der Waals surface area contributed by atoms with Gasteiger partial charge in [0.2, 0.25) is 0 Å². The molecule has 3 nitrogen and oxygen atoms in total. The minimum atomic E-state index is -0.957. The number of carboxylic acids is 1. The molecule has 86 valence electrons. The fourth-order valence-electron chi connectivity index (χ4n) is 1.17. The van der Waals surface area contributed by atoms with Gasteiger partial charge in [0.1, 0.15) is 11.4 Å². The molecule has 0 saturated heterocycles. The molecule has 1 N–H and O–H groups in total. The highest BCUT2D eigenvalue weighted by Crippen LogP contribution is 2.24. The number of rotatable bonds is 4. The van der Waals surface area contributed by atoms with Crippen molar-refractivity contribution in [3.05, 3.63) is 42.0 Å². The molecule has 0 aliphatic carbocycles. The molecule has 1 aromatic carbocycles. The summed E-state index contributed by atoms with van der Waals surface area (Å²) >= 11 is 0. The molecule has 16 heavy (non-hydrogen) atoms. The van der Waals surface area contributed by atoms with Crippen LogP contribution in [0, 0.1) is 6.92 Å². The van der Waals surface area contributed by atoms with Crippen LogP contribution in [0.15, 0.2) is 30.9 Å². The SMILES string of the molecule is C=CC(C)(C)Oc1cc(C(=O)O)ccc1C. The maximum absolute atomic E-state index is 10.8. The highest BCUT2D eigenvalue weighted by Gasteiger charge is 2.17. The number of hydrogen-bond donors (Lipinski definition) is 1. The van der Waals surface area contributed by atoms with Gasteiger partial charge in [0, 0.05) is 0 Å². The van der Waals surface area contributed by atoms with E-state index in [0.717, 1.165) is 5.56 Å². The van der Waals surface area contributed by atoms with Gasteiger partial charge in [0.05, 0.1) is 5.56 Å². The summed E-state index contributed by atoms with van der Waals surface area (Å²) in [4.78, 5) is 10.8. The van der Waals surface area contributed by atoms with Gasteiger partial charge in [-0.05, 0) is 44.5 Å². The van der Waals surface area contributed by atoms with Crippen molar-refractivity contribution in [1.29, 1.82) is 0 Å². The molecule has 1 aromatic rings. The van der Waals surface area contributed by atoms with Crippen LogP contribution in [0.5, 0.6) is 5.75 Å². The molecular weight excluding hydrogens is 204 g/mol. The fraction of sp³-hybridized carbons (Fsp3) is 0.308. The number of carbonyl (C=O) groups is 1. The second-order valence-corrected chi connectivity index (χ2v) is 4.20. The van der Waals surface area contributed by atoms with E-state index in [1.54, 1.807) is 18.2 Å². The molecule has 0 aliphatic rings. The predicted molar refractivity (Wildman–Crippen MR) is 63.0 cm³/mol. The summed E-state index contributed by atoms with van der Waals surface area (Å²) < 4.78 is 5.69. The first-order valence-corrected chi connectivity index (χ1v) is 5.02. The zero-order valence-corrected chi connectivity index (χ0v) is 9.78. The Hall–Kier alpha value is -1.77. The van der Waals surface area contributed by atoms with Crippen LogP contribution in [0.25, 0.3) is 0 Å². The summed E-state index contributed by atoms with van der Waals surface area (Å²) in [5, 5.41) is 8.88. The van der Waals surface area contributed by atoms with E-state index in [1.165, 1.54) is 6.07 Å². The van der Waals surface area contributed by atoms with Gasteiger partial charge in [0.15, 0.2) is 0 Å².